The highest BCUT2D eigenvalue weighted by Crippen LogP contribution is 2.25. The van der Waals surface area contributed by atoms with E-state index in [2.05, 4.69) is 10.6 Å². The van der Waals surface area contributed by atoms with Crippen LogP contribution < -0.4 is 20.1 Å². The number of amides is 3. The van der Waals surface area contributed by atoms with Crippen LogP contribution in [0.25, 0.3) is 0 Å². The van der Waals surface area contributed by atoms with Crippen molar-refractivity contribution in [3.63, 3.8) is 0 Å². The number of carbonyl (C=O) groups excluding carboxylic acids is 2. The summed E-state index contributed by atoms with van der Waals surface area (Å²) in [6, 6.07) is 24.6. The molecule has 4 rings (SSSR count). The molecule has 1 aliphatic heterocycles. The van der Waals surface area contributed by atoms with Crippen molar-refractivity contribution in [3.8, 4) is 11.5 Å². The Morgan fingerprint density at radius 1 is 0.917 bits per heavy atom. The largest absolute Gasteiger partial charge is 0.497 e. The number of para-hydroxylation sites is 1. The molecule has 0 unspecified atom stereocenters. The monoisotopic (exact) mass is 487 g/mol. The van der Waals surface area contributed by atoms with Gasteiger partial charge in [0.25, 0.3) is 0 Å². The highest BCUT2D eigenvalue weighted by Gasteiger charge is 2.30. The van der Waals surface area contributed by atoms with Crippen LogP contribution in [-0.2, 0) is 11.2 Å². The van der Waals surface area contributed by atoms with E-state index in [9.17, 15) is 9.59 Å². The molecule has 0 aliphatic carbocycles. The summed E-state index contributed by atoms with van der Waals surface area (Å²) >= 11 is 0. The van der Waals surface area contributed by atoms with Gasteiger partial charge in [0.05, 0.1) is 26.2 Å². The lowest BCUT2D eigenvalue weighted by Crippen LogP contribution is -2.47. The molecule has 7 heteroatoms. The van der Waals surface area contributed by atoms with Crippen molar-refractivity contribution in [1.82, 2.24) is 10.2 Å². The Bertz CT molecular complexity index is 1130. The van der Waals surface area contributed by atoms with E-state index in [0.717, 1.165) is 41.2 Å². The third kappa shape index (κ3) is 6.56. The quantitative estimate of drug-likeness (QED) is 0.466. The molecule has 2 N–H and O–H groups in total. The van der Waals surface area contributed by atoms with Gasteiger partial charge in [-0.2, -0.15) is 0 Å². The minimum atomic E-state index is -0.267. The van der Waals surface area contributed by atoms with Gasteiger partial charge in [0.1, 0.15) is 11.5 Å². The maximum Gasteiger partial charge on any atom is 0.321 e. The number of hydrogen-bond acceptors (Lipinski definition) is 4. The number of piperidine rings is 1. The minimum absolute atomic E-state index is 0.0402. The molecule has 1 saturated heterocycles. The van der Waals surface area contributed by atoms with Crippen molar-refractivity contribution >= 4 is 17.6 Å². The number of methoxy groups -OCH3 is 2. The lowest BCUT2D eigenvalue weighted by Gasteiger charge is -2.33. The Kier molecular flexibility index (Phi) is 8.44. The van der Waals surface area contributed by atoms with Crippen molar-refractivity contribution in [2.75, 3.05) is 32.6 Å². The second kappa shape index (κ2) is 12.1. The molecule has 1 heterocycles. The Balaban J connectivity index is 1.45. The first-order valence-electron chi connectivity index (χ1n) is 12.2. The van der Waals surface area contributed by atoms with E-state index in [1.54, 1.807) is 19.1 Å². The molecule has 0 bridgehead atoms. The molecule has 3 amide bonds. The number of carbonyl (C=O) groups is 2. The van der Waals surface area contributed by atoms with E-state index in [1.165, 1.54) is 0 Å². The number of nitrogens with zero attached hydrogens (tertiary/aromatic N) is 1. The summed E-state index contributed by atoms with van der Waals surface area (Å²) in [6.45, 7) is 1.03. The zero-order chi connectivity index (χ0) is 25.3. The summed E-state index contributed by atoms with van der Waals surface area (Å²) < 4.78 is 10.6. The summed E-state index contributed by atoms with van der Waals surface area (Å²) in [5, 5.41) is 6.18. The normalized spacial score (nSPS) is 16.1. The van der Waals surface area contributed by atoms with Gasteiger partial charge >= 0.3 is 6.03 Å². The molecule has 188 valence electrons. The van der Waals surface area contributed by atoms with Gasteiger partial charge in [-0.3, -0.25) is 4.79 Å². The fourth-order valence-corrected chi connectivity index (χ4v) is 4.47. The van der Waals surface area contributed by atoms with Gasteiger partial charge in [-0.15, -0.1) is 0 Å². The van der Waals surface area contributed by atoms with Crippen LogP contribution in [0.2, 0.25) is 0 Å². The lowest BCUT2D eigenvalue weighted by molar-refractivity contribution is -0.127. The Hall–Kier alpha value is -4.00. The van der Waals surface area contributed by atoms with Gasteiger partial charge in [-0.05, 0) is 66.8 Å². The van der Waals surface area contributed by atoms with Gasteiger partial charge < -0.3 is 25.0 Å². The molecule has 3 aromatic carbocycles. The van der Waals surface area contributed by atoms with Crippen LogP contribution in [0.15, 0.2) is 78.9 Å². The maximum absolute atomic E-state index is 13.4. The Labute approximate surface area is 212 Å². The molecule has 7 nitrogen and oxygen atoms in total. The van der Waals surface area contributed by atoms with Crippen LogP contribution in [0.3, 0.4) is 0 Å². The van der Waals surface area contributed by atoms with Crippen molar-refractivity contribution in [2.24, 2.45) is 5.92 Å². The van der Waals surface area contributed by atoms with Crippen molar-refractivity contribution in [1.29, 1.82) is 0 Å². The smallest absolute Gasteiger partial charge is 0.321 e. The summed E-state index contributed by atoms with van der Waals surface area (Å²) in [4.78, 5) is 27.9. The topological polar surface area (TPSA) is 79.9 Å². The number of anilines is 1. The highest BCUT2D eigenvalue weighted by molar-refractivity contribution is 5.90. The van der Waals surface area contributed by atoms with Crippen molar-refractivity contribution in [2.45, 2.75) is 25.3 Å². The van der Waals surface area contributed by atoms with E-state index < -0.39 is 0 Å². The molecule has 0 radical (unpaired) electrons. The van der Waals surface area contributed by atoms with E-state index in [-0.39, 0.29) is 23.9 Å². The first-order valence-corrected chi connectivity index (χ1v) is 12.2. The third-order valence-corrected chi connectivity index (χ3v) is 6.54. The van der Waals surface area contributed by atoms with E-state index in [0.29, 0.717) is 19.5 Å². The predicted molar refractivity (Wildman–Crippen MR) is 140 cm³/mol. The Morgan fingerprint density at radius 3 is 2.19 bits per heavy atom. The zero-order valence-electron chi connectivity index (χ0n) is 20.8. The van der Waals surface area contributed by atoms with Crippen molar-refractivity contribution in [3.05, 3.63) is 90.0 Å². The molecule has 36 heavy (non-hydrogen) atoms. The highest BCUT2D eigenvalue weighted by atomic mass is 16.5. The number of ether oxygens (including phenoxy) is 2. The van der Waals surface area contributed by atoms with Crippen LogP contribution in [0.5, 0.6) is 11.5 Å². The van der Waals surface area contributed by atoms with Crippen LogP contribution in [0, 0.1) is 5.92 Å². The maximum atomic E-state index is 13.4. The fourth-order valence-electron chi connectivity index (χ4n) is 4.47. The molecule has 2 atom stereocenters. The molecular weight excluding hydrogens is 454 g/mol. The van der Waals surface area contributed by atoms with E-state index in [1.807, 2.05) is 78.9 Å². The van der Waals surface area contributed by atoms with E-state index in [4.69, 9.17) is 9.47 Å². The van der Waals surface area contributed by atoms with Gasteiger partial charge in [-0.25, -0.2) is 4.79 Å². The number of rotatable bonds is 8. The first kappa shape index (κ1) is 25.1. The third-order valence-electron chi connectivity index (χ3n) is 6.54. The summed E-state index contributed by atoms with van der Waals surface area (Å²) in [5.74, 6) is 1.25. The summed E-state index contributed by atoms with van der Waals surface area (Å²) in [5.41, 5.74) is 2.83. The number of urea groups is 1. The molecule has 1 fully saturated rings. The second-order valence-electron chi connectivity index (χ2n) is 8.97. The lowest BCUT2D eigenvalue weighted by atomic mass is 9.94. The second-order valence-corrected chi connectivity index (χ2v) is 8.97. The Morgan fingerprint density at radius 2 is 1.56 bits per heavy atom. The number of benzene rings is 3. The number of hydrogen-bond donors (Lipinski definition) is 2. The van der Waals surface area contributed by atoms with Gasteiger partial charge in [0, 0.05) is 18.8 Å². The van der Waals surface area contributed by atoms with Crippen LogP contribution in [-0.4, -0.2) is 44.1 Å². The van der Waals surface area contributed by atoms with Crippen LogP contribution in [0.4, 0.5) is 10.5 Å². The first-order chi connectivity index (χ1) is 17.6. The summed E-state index contributed by atoms with van der Waals surface area (Å²) in [6.07, 6.45) is 2.16. The van der Waals surface area contributed by atoms with Crippen LogP contribution in [0.1, 0.15) is 30.0 Å². The minimum Gasteiger partial charge on any atom is -0.497 e. The molecule has 3 aromatic rings. The SMILES string of the molecule is COc1ccc(C[C@@H](NC(=O)[C@H]2CCCN(C(=O)Nc3ccccc3)C2)c2ccc(OC)cc2)cc1. The number of likely N-dealkylation sites (tertiary alicyclic amines) is 1. The van der Waals surface area contributed by atoms with Gasteiger partial charge in [0.15, 0.2) is 0 Å². The number of nitrogens with one attached hydrogen (secondary N) is 2. The van der Waals surface area contributed by atoms with Gasteiger partial charge in [0.2, 0.25) is 5.91 Å². The predicted octanol–water partition coefficient (Wildman–Crippen LogP) is 5.05. The molecule has 1 aliphatic rings. The zero-order valence-corrected chi connectivity index (χ0v) is 20.8. The molecule has 0 saturated carbocycles. The average molecular weight is 488 g/mol. The molecular formula is C29H33N3O4. The molecule has 0 spiro atoms. The van der Waals surface area contributed by atoms with Crippen LogP contribution >= 0.6 is 0 Å². The molecule has 0 aromatic heterocycles. The standard InChI is InChI=1S/C29H33N3O4/c1-35-25-14-10-21(11-15-25)19-27(22-12-16-26(36-2)17-13-22)31-28(33)23-7-6-18-32(20-23)29(34)30-24-8-4-3-5-9-24/h3-5,8-17,23,27H,6-7,18-20H2,1-2H3,(H,30,34)(H,31,33)/t23-,27+/m0/s1. The fraction of sp³-hybridized carbons (Fsp3) is 0.310. The summed E-state index contributed by atoms with van der Waals surface area (Å²) in [7, 11) is 3.28. The van der Waals surface area contributed by atoms with Gasteiger partial charge in [-0.1, -0.05) is 42.5 Å². The average Bonchev–Trinajstić information content (AvgIpc) is 2.93. The van der Waals surface area contributed by atoms with Crippen molar-refractivity contribution < 1.29 is 19.1 Å². The van der Waals surface area contributed by atoms with E-state index >= 15 is 0 Å².